The Balaban J connectivity index is 1.81. The summed E-state index contributed by atoms with van der Waals surface area (Å²) in [6.07, 6.45) is 8.17. The van der Waals surface area contributed by atoms with Crippen LogP contribution in [0, 0.1) is 5.82 Å². The van der Waals surface area contributed by atoms with E-state index in [9.17, 15) is 19.3 Å². The molecule has 0 amide bonds. The molecule has 162 valence electrons. The molecule has 1 aromatic rings. The molecular weight excluding hydrogens is 370 g/mol. The lowest BCUT2D eigenvalue weighted by molar-refractivity contribution is -0.144. The van der Waals surface area contributed by atoms with Crippen molar-refractivity contribution < 1.29 is 19.3 Å². The number of hydrogen-bond acceptors (Lipinski definition) is 4. The fourth-order valence-corrected chi connectivity index (χ4v) is 4.30. The first-order valence-corrected chi connectivity index (χ1v) is 11.0. The summed E-state index contributed by atoms with van der Waals surface area (Å²) in [6.45, 7) is 3.31. The third-order valence-corrected chi connectivity index (χ3v) is 6.11. The molecule has 2 rings (SSSR count). The van der Waals surface area contributed by atoms with Gasteiger partial charge in [-0.1, -0.05) is 38.2 Å². The quantitative estimate of drug-likeness (QED) is 0.360. The van der Waals surface area contributed by atoms with Gasteiger partial charge in [0.25, 0.3) is 6.92 Å². The van der Waals surface area contributed by atoms with Gasteiger partial charge in [-0.3, -0.25) is 9.69 Å². The fraction of sp³-hybridized carbons (Fsp3) is 0.682. The SMILES string of the molecule is CB(O)CCCCC(N)(CCCCN1CCCCC1c1ccc(F)cc1)C(=O)O. The van der Waals surface area contributed by atoms with Gasteiger partial charge in [0, 0.05) is 6.04 Å². The second-order valence-corrected chi connectivity index (χ2v) is 8.61. The number of carboxylic acids is 1. The molecule has 0 bridgehead atoms. The molecule has 0 aliphatic carbocycles. The number of carboxylic acid groups (broad SMARTS) is 1. The monoisotopic (exact) mass is 406 g/mol. The molecule has 2 atom stereocenters. The molecule has 1 aromatic carbocycles. The van der Waals surface area contributed by atoms with Gasteiger partial charge in [0.15, 0.2) is 0 Å². The molecule has 4 N–H and O–H groups in total. The highest BCUT2D eigenvalue weighted by Gasteiger charge is 2.33. The Morgan fingerprint density at radius 3 is 2.48 bits per heavy atom. The molecule has 0 saturated carbocycles. The number of aliphatic carboxylic acids is 1. The third kappa shape index (κ3) is 7.72. The van der Waals surface area contributed by atoms with Crippen LogP contribution < -0.4 is 5.73 Å². The van der Waals surface area contributed by atoms with Crippen molar-refractivity contribution in [1.82, 2.24) is 4.90 Å². The summed E-state index contributed by atoms with van der Waals surface area (Å²) in [6, 6.07) is 7.11. The topological polar surface area (TPSA) is 86.8 Å². The number of unbranched alkanes of at least 4 members (excludes halogenated alkanes) is 2. The molecule has 0 spiro atoms. The first-order valence-electron chi connectivity index (χ1n) is 11.0. The van der Waals surface area contributed by atoms with Crippen molar-refractivity contribution >= 4 is 12.9 Å². The van der Waals surface area contributed by atoms with Gasteiger partial charge in [0.05, 0.1) is 0 Å². The maximum atomic E-state index is 13.2. The van der Waals surface area contributed by atoms with Crippen LogP contribution >= 0.6 is 0 Å². The Bertz CT molecular complexity index is 629. The summed E-state index contributed by atoms with van der Waals surface area (Å²) >= 11 is 0. The zero-order valence-corrected chi connectivity index (χ0v) is 17.7. The van der Waals surface area contributed by atoms with E-state index in [0.29, 0.717) is 31.6 Å². The average molecular weight is 406 g/mol. The number of carbonyl (C=O) groups is 1. The zero-order chi connectivity index (χ0) is 21.3. The fourth-order valence-electron chi connectivity index (χ4n) is 4.30. The highest BCUT2D eigenvalue weighted by atomic mass is 19.1. The maximum absolute atomic E-state index is 13.2. The Hall–Kier alpha value is -1.44. The smallest absolute Gasteiger partial charge is 0.323 e. The Morgan fingerprint density at radius 2 is 1.86 bits per heavy atom. The summed E-state index contributed by atoms with van der Waals surface area (Å²) in [7, 11) is 0. The number of hydrogen-bond donors (Lipinski definition) is 3. The van der Waals surface area contributed by atoms with Crippen LogP contribution in [0.25, 0.3) is 0 Å². The number of piperidine rings is 1. The van der Waals surface area contributed by atoms with Crippen LogP contribution in [0.3, 0.4) is 0 Å². The van der Waals surface area contributed by atoms with Crippen LogP contribution in [0.4, 0.5) is 4.39 Å². The molecule has 1 aliphatic rings. The Labute approximate surface area is 174 Å². The molecular formula is C22H36BFN2O3. The lowest BCUT2D eigenvalue weighted by Crippen LogP contribution is -2.48. The molecule has 1 fully saturated rings. The minimum Gasteiger partial charge on any atom is -0.480 e. The third-order valence-electron chi connectivity index (χ3n) is 6.11. The van der Waals surface area contributed by atoms with E-state index in [-0.39, 0.29) is 12.7 Å². The molecule has 1 saturated heterocycles. The van der Waals surface area contributed by atoms with Gasteiger partial charge in [-0.05, 0) is 75.6 Å². The summed E-state index contributed by atoms with van der Waals surface area (Å²) in [5.41, 5.74) is 6.17. The van der Waals surface area contributed by atoms with Crippen LogP contribution in [0.2, 0.25) is 13.1 Å². The van der Waals surface area contributed by atoms with Crippen molar-refractivity contribution in [3.8, 4) is 0 Å². The van der Waals surface area contributed by atoms with Crippen LogP contribution in [-0.4, -0.2) is 46.5 Å². The van der Waals surface area contributed by atoms with E-state index in [1.807, 2.05) is 12.1 Å². The van der Waals surface area contributed by atoms with Gasteiger partial charge in [0.2, 0.25) is 0 Å². The molecule has 29 heavy (non-hydrogen) atoms. The lowest BCUT2D eigenvalue weighted by atomic mass is 9.66. The molecule has 5 nitrogen and oxygen atoms in total. The normalized spacial score (nSPS) is 19.7. The Kier molecular flexibility index (Phi) is 9.60. The summed E-state index contributed by atoms with van der Waals surface area (Å²) in [5.74, 6) is -1.14. The standard InChI is InChI=1S/C22H36BFN2O3/c1-23(29)15-5-3-13-22(25,21(27)28)14-4-7-17-26-16-6-2-8-20(26)18-9-11-19(24)12-10-18/h9-12,20,29H,2-8,13-17,25H2,1H3,(H,27,28). The molecule has 1 heterocycles. The van der Waals surface area contributed by atoms with E-state index in [0.717, 1.165) is 50.8 Å². The van der Waals surface area contributed by atoms with Crippen LogP contribution in [0.15, 0.2) is 24.3 Å². The summed E-state index contributed by atoms with van der Waals surface area (Å²) in [5, 5.41) is 18.9. The van der Waals surface area contributed by atoms with Crippen molar-refractivity contribution in [3.05, 3.63) is 35.6 Å². The molecule has 2 unspecified atom stereocenters. The van der Waals surface area contributed by atoms with E-state index in [1.165, 1.54) is 18.6 Å². The van der Waals surface area contributed by atoms with E-state index >= 15 is 0 Å². The van der Waals surface area contributed by atoms with Crippen molar-refractivity contribution in [2.24, 2.45) is 5.73 Å². The number of rotatable bonds is 12. The number of nitrogens with zero attached hydrogens (tertiary/aromatic N) is 1. The van der Waals surface area contributed by atoms with Crippen LogP contribution in [-0.2, 0) is 4.79 Å². The van der Waals surface area contributed by atoms with E-state index < -0.39 is 11.5 Å². The van der Waals surface area contributed by atoms with Gasteiger partial charge in [0.1, 0.15) is 11.4 Å². The largest absolute Gasteiger partial charge is 0.480 e. The first-order chi connectivity index (χ1) is 13.8. The molecule has 1 aliphatic heterocycles. The molecule has 0 radical (unpaired) electrons. The number of likely N-dealkylation sites (tertiary alicyclic amines) is 1. The van der Waals surface area contributed by atoms with Crippen molar-refractivity contribution in [2.45, 2.75) is 82.5 Å². The van der Waals surface area contributed by atoms with Gasteiger partial charge in [-0.25, -0.2) is 4.39 Å². The van der Waals surface area contributed by atoms with E-state index in [2.05, 4.69) is 4.90 Å². The van der Waals surface area contributed by atoms with Crippen molar-refractivity contribution in [3.63, 3.8) is 0 Å². The predicted octanol–water partition coefficient (Wildman–Crippen LogP) is 4.09. The van der Waals surface area contributed by atoms with Crippen LogP contribution in [0.5, 0.6) is 0 Å². The van der Waals surface area contributed by atoms with Crippen molar-refractivity contribution in [1.29, 1.82) is 0 Å². The van der Waals surface area contributed by atoms with Gasteiger partial charge in [-0.15, -0.1) is 0 Å². The van der Waals surface area contributed by atoms with Gasteiger partial charge < -0.3 is 15.9 Å². The second-order valence-electron chi connectivity index (χ2n) is 8.61. The second kappa shape index (κ2) is 11.7. The zero-order valence-electron chi connectivity index (χ0n) is 17.7. The van der Waals surface area contributed by atoms with E-state index in [4.69, 9.17) is 5.73 Å². The summed E-state index contributed by atoms with van der Waals surface area (Å²) in [4.78, 5) is 14.1. The molecule has 0 aromatic heterocycles. The summed E-state index contributed by atoms with van der Waals surface area (Å²) < 4.78 is 13.2. The number of halogens is 1. The highest BCUT2D eigenvalue weighted by molar-refractivity contribution is 6.48. The first kappa shape index (κ1) is 23.8. The van der Waals surface area contributed by atoms with Crippen molar-refractivity contribution in [2.75, 3.05) is 13.1 Å². The van der Waals surface area contributed by atoms with E-state index in [1.54, 1.807) is 6.82 Å². The van der Waals surface area contributed by atoms with Gasteiger partial charge in [-0.2, -0.15) is 0 Å². The Morgan fingerprint density at radius 1 is 1.21 bits per heavy atom. The van der Waals surface area contributed by atoms with Gasteiger partial charge >= 0.3 is 5.97 Å². The number of benzene rings is 1. The lowest BCUT2D eigenvalue weighted by Gasteiger charge is -2.36. The number of nitrogens with two attached hydrogens (primary N) is 1. The minimum absolute atomic E-state index is 0.211. The minimum atomic E-state index is -1.18. The maximum Gasteiger partial charge on any atom is 0.323 e. The highest BCUT2D eigenvalue weighted by Crippen LogP contribution is 2.31. The predicted molar refractivity (Wildman–Crippen MR) is 115 cm³/mol. The molecule has 7 heteroatoms. The average Bonchev–Trinajstić information content (AvgIpc) is 2.69. The van der Waals surface area contributed by atoms with Crippen LogP contribution in [0.1, 0.15) is 69.4 Å².